The fourth-order valence-electron chi connectivity index (χ4n) is 4.96. The van der Waals surface area contributed by atoms with E-state index in [0.29, 0.717) is 12.5 Å². The third kappa shape index (κ3) is 4.21. The second-order valence-electron chi connectivity index (χ2n) is 7.97. The van der Waals surface area contributed by atoms with E-state index in [9.17, 15) is 9.59 Å². The van der Waals surface area contributed by atoms with Crippen LogP contribution in [0, 0.1) is 17.8 Å². The van der Waals surface area contributed by atoms with Crippen LogP contribution in [0.5, 0.6) is 0 Å². The van der Waals surface area contributed by atoms with Gasteiger partial charge in [0.2, 0.25) is 5.91 Å². The Kier molecular flexibility index (Phi) is 5.64. The van der Waals surface area contributed by atoms with E-state index >= 15 is 0 Å². The number of fused-ring (bicyclic) bond motifs is 2. The van der Waals surface area contributed by atoms with Crippen LogP contribution in [0.4, 0.5) is 4.79 Å². The summed E-state index contributed by atoms with van der Waals surface area (Å²) in [6.07, 6.45) is 7.24. The van der Waals surface area contributed by atoms with Crippen molar-refractivity contribution in [3.05, 3.63) is 0 Å². The number of nitrogens with zero attached hydrogens (tertiary/aromatic N) is 1. The predicted molar refractivity (Wildman–Crippen MR) is 93.6 cm³/mol. The normalized spacial score (nSPS) is 31.7. The van der Waals surface area contributed by atoms with E-state index in [1.54, 1.807) is 7.05 Å². The summed E-state index contributed by atoms with van der Waals surface area (Å²) in [5, 5.41) is 8.96. The van der Waals surface area contributed by atoms with Crippen molar-refractivity contribution >= 4 is 11.9 Å². The lowest BCUT2D eigenvalue weighted by molar-refractivity contribution is -0.122. The van der Waals surface area contributed by atoms with Crippen LogP contribution in [0.3, 0.4) is 0 Å². The second-order valence-corrected chi connectivity index (χ2v) is 7.97. The Morgan fingerprint density at radius 2 is 1.88 bits per heavy atom. The van der Waals surface area contributed by atoms with Gasteiger partial charge in [-0.05, 0) is 56.8 Å². The Morgan fingerprint density at radius 1 is 1.12 bits per heavy atom. The summed E-state index contributed by atoms with van der Waals surface area (Å²) in [6, 6.07) is 0.474. The van der Waals surface area contributed by atoms with Crippen molar-refractivity contribution < 1.29 is 9.59 Å². The summed E-state index contributed by atoms with van der Waals surface area (Å²) in [4.78, 5) is 25.8. The van der Waals surface area contributed by atoms with E-state index in [-0.39, 0.29) is 24.0 Å². The van der Waals surface area contributed by atoms with Gasteiger partial charge in [0.05, 0.1) is 6.54 Å². The van der Waals surface area contributed by atoms with Gasteiger partial charge in [-0.3, -0.25) is 9.69 Å². The molecule has 6 heteroatoms. The molecule has 0 radical (unpaired) electrons. The Morgan fingerprint density at radius 3 is 2.46 bits per heavy atom. The number of likely N-dealkylation sites (N-methyl/N-ethyl adjacent to an activating group) is 1. The van der Waals surface area contributed by atoms with Crippen molar-refractivity contribution in [2.24, 2.45) is 17.8 Å². The first-order valence-electron chi connectivity index (χ1n) is 9.55. The number of nitrogens with one attached hydrogen (secondary N) is 3. The van der Waals surface area contributed by atoms with Crippen LogP contribution < -0.4 is 16.0 Å². The van der Waals surface area contributed by atoms with Gasteiger partial charge in [0.25, 0.3) is 0 Å². The highest BCUT2D eigenvalue weighted by Crippen LogP contribution is 2.49. The Balaban J connectivity index is 1.36. The summed E-state index contributed by atoms with van der Waals surface area (Å²) in [5.74, 6) is 2.47. The van der Waals surface area contributed by atoms with Crippen LogP contribution in [-0.2, 0) is 4.79 Å². The molecule has 1 saturated heterocycles. The average Bonchev–Trinajstić information content (AvgIpc) is 3.19. The molecular weight excluding hydrogens is 304 g/mol. The van der Waals surface area contributed by atoms with Gasteiger partial charge in [-0.25, -0.2) is 4.79 Å². The summed E-state index contributed by atoms with van der Waals surface area (Å²) in [5.41, 5.74) is 0. The lowest BCUT2D eigenvalue weighted by atomic mass is 9.84. The maximum absolute atomic E-state index is 12.3. The first kappa shape index (κ1) is 17.5. The number of hydrogen-bond donors (Lipinski definition) is 3. The number of likely N-dealkylation sites (tertiary alicyclic amines) is 1. The highest BCUT2D eigenvalue weighted by molar-refractivity contribution is 5.77. The van der Waals surface area contributed by atoms with E-state index < -0.39 is 0 Å². The zero-order valence-corrected chi connectivity index (χ0v) is 15.0. The molecule has 0 spiro atoms. The van der Waals surface area contributed by atoms with Crippen molar-refractivity contribution in [1.29, 1.82) is 0 Å². The number of amides is 3. The van der Waals surface area contributed by atoms with E-state index in [1.807, 2.05) is 0 Å². The highest BCUT2D eigenvalue weighted by atomic mass is 16.2. The van der Waals surface area contributed by atoms with E-state index in [1.165, 1.54) is 25.7 Å². The maximum atomic E-state index is 12.3. The van der Waals surface area contributed by atoms with Gasteiger partial charge in [-0.1, -0.05) is 6.42 Å². The summed E-state index contributed by atoms with van der Waals surface area (Å²) < 4.78 is 0. The molecule has 4 unspecified atom stereocenters. The molecule has 4 atom stereocenters. The molecule has 1 heterocycles. The largest absolute Gasteiger partial charge is 0.358 e. The molecule has 3 rings (SSSR count). The van der Waals surface area contributed by atoms with Gasteiger partial charge in [-0.2, -0.15) is 0 Å². The minimum Gasteiger partial charge on any atom is -0.358 e. The standard InChI is InChI=1S/C18H32N4O2/c1-12(16-10-13-3-4-14(16)9-13)20-18(24)21-15-5-7-22(8-6-15)11-17(23)19-2/h12-16H,3-11H2,1-2H3,(H,19,23)(H2,20,21,24). The summed E-state index contributed by atoms with van der Waals surface area (Å²) in [6.45, 7) is 4.34. The van der Waals surface area contributed by atoms with Crippen LogP contribution in [0.25, 0.3) is 0 Å². The monoisotopic (exact) mass is 336 g/mol. The molecular formula is C18H32N4O2. The Hall–Kier alpha value is -1.30. The van der Waals surface area contributed by atoms with Gasteiger partial charge in [0.15, 0.2) is 0 Å². The molecule has 24 heavy (non-hydrogen) atoms. The average molecular weight is 336 g/mol. The van der Waals surface area contributed by atoms with Crippen molar-refractivity contribution in [2.75, 3.05) is 26.7 Å². The summed E-state index contributed by atoms with van der Waals surface area (Å²) >= 11 is 0. The van der Waals surface area contributed by atoms with Crippen LogP contribution >= 0.6 is 0 Å². The molecule has 3 amide bonds. The van der Waals surface area contributed by atoms with Crippen molar-refractivity contribution in [1.82, 2.24) is 20.9 Å². The third-order valence-electron chi connectivity index (χ3n) is 6.36. The molecule has 3 N–H and O–H groups in total. The number of rotatable bonds is 5. The van der Waals surface area contributed by atoms with Gasteiger partial charge in [0, 0.05) is 32.2 Å². The highest BCUT2D eigenvalue weighted by Gasteiger charge is 2.42. The fourth-order valence-corrected chi connectivity index (χ4v) is 4.96. The molecule has 3 aliphatic rings. The van der Waals surface area contributed by atoms with E-state index in [2.05, 4.69) is 27.8 Å². The Bertz CT molecular complexity index is 462. The smallest absolute Gasteiger partial charge is 0.315 e. The number of urea groups is 1. The van der Waals surface area contributed by atoms with Gasteiger partial charge < -0.3 is 16.0 Å². The zero-order chi connectivity index (χ0) is 17.1. The van der Waals surface area contributed by atoms with Crippen LogP contribution in [0.15, 0.2) is 0 Å². The fraction of sp³-hybridized carbons (Fsp3) is 0.889. The molecule has 0 aromatic carbocycles. The first-order valence-corrected chi connectivity index (χ1v) is 9.55. The van der Waals surface area contributed by atoms with Crippen LogP contribution in [0.1, 0.15) is 45.4 Å². The third-order valence-corrected chi connectivity index (χ3v) is 6.36. The molecule has 0 aromatic heterocycles. The first-order chi connectivity index (χ1) is 11.5. The molecule has 1 aliphatic heterocycles. The molecule has 136 valence electrons. The van der Waals surface area contributed by atoms with E-state index in [0.717, 1.165) is 37.8 Å². The summed E-state index contributed by atoms with van der Waals surface area (Å²) in [7, 11) is 1.66. The lowest BCUT2D eigenvalue weighted by Gasteiger charge is -2.33. The lowest BCUT2D eigenvalue weighted by Crippen LogP contribution is -2.52. The SMILES string of the molecule is CNC(=O)CN1CCC(NC(=O)NC(C)C2CC3CCC2C3)CC1. The van der Waals surface area contributed by atoms with Crippen molar-refractivity contribution in [3.8, 4) is 0 Å². The number of hydrogen-bond acceptors (Lipinski definition) is 3. The zero-order valence-electron chi connectivity index (χ0n) is 15.0. The molecule has 6 nitrogen and oxygen atoms in total. The minimum atomic E-state index is -0.0185. The van der Waals surface area contributed by atoms with Crippen LogP contribution in [0.2, 0.25) is 0 Å². The topological polar surface area (TPSA) is 73.5 Å². The number of carbonyl (C=O) groups is 2. The molecule has 2 saturated carbocycles. The van der Waals surface area contributed by atoms with Gasteiger partial charge in [-0.15, -0.1) is 0 Å². The molecule has 2 aliphatic carbocycles. The molecule has 3 fully saturated rings. The number of piperidine rings is 1. The van der Waals surface area contributed by atoms with Crippen molar-refractivity contribution in [3.63, 3.8) is 0 Å². The van der Waals surface area contributed by atoms with E-state index in [4.69, 9.17) is 0 Å². The maximum Gasteiger partial charge on any atom is 0.315 e. The second kappa shape index (κ2) is 7.72. The quantitative estimate of drug-likeness (QED) is 0.709. The van der Waals surface area contributed by atoms with Gasteiger partial charge in [0.1, 0.15) is 0 Å². The predicted octanol–water partition coefficient (Wildman–Crippen LogP) is 1.32. The minimum absolute atomic E-state index is 0.0185. The van der Waals surface area contributed by atoms with Crippen molar-refractivity contribution in [2.45, 2.75) is 57.5 Å². The van der Waals surface area contributed by atoms with Crippen LogP contribution in [-0.4, -0.2) is 55.6 Å². The molecule has 0 aromatic rings. The molecule has 2 bridgehead atoms. The number of carbonyl (C=O) groups excluding carboxylic acids is 2. The van der Waals surface area contributed by atoms with Gasteiger partial charge >= 0.3 is 6.03 Å². The Labute approximate surface area is 145 Å².